The van der Waals surface area contributed by atoms with E-state index >= 15 is 0 Å². The molecule has 2 aliphatic heterocycles. The molecule has 3 heterocycles. The molecule has 8 nitrogen and oxygen atoms in total. The van der Waals surface area contributed by atoms with E-state index in [0.29, 0.717) is 12.1 Å². The number of benzene rings is 2. The Hall–Kier alpha value is -3.27. The minimum Gasteiger partial charge on any atom is -0.508 e. The average molecular weight is 507 g/mol. The van der Waals surface area contributed by atoms with Crippen LogP contribution in [0.2, 0.25) is 0 Å². The lowest BCUT2D eigenvalue weighted by Gasteiger charge is -2.26. The highest BCUT2D eigenvalue weighted by atomic mass is 35.5. The van der Waals surface area contributed by atoms with Crippen molar-refractivity contribution in [1.29, 1.82) is 0 Å². The number of hydrogen-bond acceptors (Lipinski definition) is 8. The first kappa shape index (κ1) is 25.4. The number of ether oxygens (including phenoxy) is 1. The van der Waals surface area contributed by atoms with Gasteiger partial charge in [-0.1, -0.05) is 6.07 Å². The average Bonchev–Trinajstić information content (AvgIpc) is 3.18. The van der Waals surface area contributed by atoms with Crippen molar-refractivity contribution >= 4 is 48.0 Å². The van der Waals surface area contributed by atoms with Crippen LogP contribution in [-0.2, 0) is 6.42 Å². The first-order valence-corrected chi connectivity index (χ1v) is 10.4. The Morgan fingerprint density at radius 2 is 1.85 bits per heavy atom. The van der Waals surface area contributed by atoms with Crippen molar-refractivity contribution in [1.82, 2.24) is 20.2 Å². The summed E-state index contributed by atoms with van der Waals surface area (Å²) in [6, 6.07) is 12.2. The Morgan fingerprint density at radius 1 is 1.06 bits per heavy atom. The highest BCUT2D eigenvalue weighted by Gasteiger charge is 2.20. The number of allylic oxidation sites excluding steroid dienone is 1. The normalized spacial score (nSPS) is 15.6. The number of phenols is 1. The SMILES string of the molecule is Cl.Cl.Oc1cccc(Nc2nc(Nc3ccc4c(c3)CC(=CN3CCNCC3)O4)ncc2F)c1. The van der Waals surface area contributed by atoms with E-state index in [4.69, 9.17) is 4.74 Å². The molecule has 1 aromatic heterocycles. The number of rotatable bonds is 5. The van der Waals surface area contributed by atoms with Gasteiger partial charge in [-0.05, 0) is 30.3 Å². The number of fused-ring (bicyclic) bond motifs is 1. The van der Waals surface area contributed by atoms with Crippen molar-refractivity contribution in [3.8, 4) is 11.5 Å². The third-order valence-corrected chi connectivity index (χ3v) is 5.25. The number of nitrogens with one attached hydrogen (secondary N) is 3. The smallest absolute Gasteiger partial charge is 0.229 e. The third-order valence-electron chi connectivity index (χ3n) is 5.25. The first-order valence-electron chi connectivity index (χ1n) is 10.4. The predicted octanol–water partition coefficient (Wildman–Crippen LogP) is 4.33. The molecule has 0 spiro atoms. The van der Waals surface area contributed by atoms with Crippen LogP contribution in [0.4, 0.5) is 27.5 Å². The van der Waals surface area contributed by atoms with Crippen LogP contribution in [0.25, 0.3) is 0 Å². The second kappa shape index (κ2) is 11.2. The van der Waals surface area contributed by atoms with Crippen molar-refractivity contribution < 1.29 is 14.2 Å². The first-order chi connectivity index (χ1) is 15.6. The van der Waals surface area contributed by atoms with Crippen LogP contribution in [0, 0.1) is 5.82 Å². The number of aromatic nitrogens is 2. The van der Waals surface area contributed by atoms with Gasteiger partial charge in [0.25, 0.3) is 0 Å². The summed E-state index contributed by atoms with van der Waals surface area (Å²) >= 11 is 0. The predicted molar refractivity (Wildman–Crippen MR) is 134 cm³/mol. The zero-order valence-corrected chi connectivity index (χ0v) is 19.8. The van der Waals surface area contributed by atoms with Crippen molar-refractivity contribution in [2.45, 2.75) is 6.42 Å². The van der Waals surface area contributed by atoms with Crippen molar-refractivity contribution in [3.05, 3.63) is 72.0 Å². The van der Waals surface area contributed by atoms with E-state index < -0.39 is 5.82 Å². The van der Waals surface area contributed by atoms with Gasteiger partial charge in [-0.15, -0.1) is 24.8 Å². The summed E-state index contributed by atoms with van der Waals surface area (Å²) in [5.74, 6) is 1.51. The highest BCUT2D eigenvalue weighted by molar-refractivity contribution is 5.85. The van der Waals surface area contributed by atoms with Crippen LogP contribution in [0.5, 0.6) is 11.5 Å². The minimum absolute atomic E-state index is 0. The van der Waals surface area contributed by atoms with Gasteiger partial charge in [0.2, 0.25) is 5.95 Å². The zero-order chi connectivity index (χ0) is 21.9. The molecule has 3 aromatic rings. The second-order valence-electron chi connectivity index (χ2n) is 7.67. The van der Waals surface area contributed by atoms with Crippen molar-refractivity contribution in [3.63, 3.8) is 0 Å². The van der Waals surface area contributed by atoms with Gasteiger partial charge in [-0.3, -0.25) is 0 Å². The van der Waals surface area contributed by atoms with Crippen LogP contribution in [0.1, 0.15) is 5.56 Å². The molecular formula is C23H25Cl2FN6O2. The number of aromatic hydroxyl groups is 1. The van der Waals surface area contributed by atoms with Crippen molar-refractivity contribution in [2.75, 3.05) is 36.8 Å². The number of piperazine rings is 1. The molecule has 1 fully saturated rings. The molecule has 0 unspecified atom stereocenters. The lowest BCUT2D eigenvalue weighted by molar-refractivity contribution is 0.308. The van der Waals surface area contributed by atoms with Gasteiger partial charge in [0, 0.05) is 61.8 Å². The van der Waals surface area contributed by atoms with Gasteiger partial charge < -0.3 is 30.7 Å². The fraction of sp³-hybridized carbons (Fsp3) is 0.217. The van der Waals surface area contributed by atoms with Crippen LogP contribution in [0.15, 0.2) is 60.6 Å². The molecule has 1 saturated heterocycles. The molecule has 0 radical (unpaired) electrons. The molecule has 2 aromatic carbocycles. The lowest BCUT2D eigenvalue weighted by Crippen LogP contribution is -2.40. The number of anilines is 4. The summed E-state index contributed by atoms with van der Waals surface area (Å²) in [7, 11) is 0. The highest BCUT2D eigenvalue weighted by Crippen LogP contribution is 2.34. The number of hydrogen-bond donors (Lipinski definition) is 4. The number of phenolic OH excluding ortho intramolecular Hbond substituents is 1. The van der Waals surface area contributed by atoms with Gasteiger partial charge in [0.05, 0.1) is 6.20 Å². The topological polar surface area (TPSA) is 94.6 Å². The quantitative estimate of drug-likeness (QED) is 0.406. The third kappa shape index (κ3) is 5.99. The maximum absolute atomic E-state index is 14.2. The largest absolute Gasteiger partial charge is 0.508 e. The molecule has 4 N–H and O–H groups in total. The summed E-state index contributed by atoms with van der Waals surface area (Å²) in [6.45, 7) is 3.89. The summed E-state index contributed by atoms with van der Waals surface area (Å²) in [6.07, 6.45) is 3.91. The van der Waals surface area contributed by atoms with Crippen LogP contribution in [-0.4, -0.2) is 46.2 Å². The maximum atomic E-state index is 14.2. The van der Waals surface area contributed by atoms with Crippen LogP contribution < -0.4 is 20.7 Å². The van der Waals surface area contributed by atoms with Gasteiger partial charge in [-0.2, -0.15) is 4.98 Å². The van der Waals surface area contributed by atoms with Crippen LogP contribution in [0.3, 0.4) is 0 Å². The molecule has 5 rings (SSSR count). The summed E-state index contributed by atoms with van der Waals surface area (Å²) in [5, 5.41) is 18.9. The molecule has 0 saturated carbocycles. The van der Waals surface area contributed by atoms with Gasteiger partial charge in [-0.25, -0.2) is 9.37 Å². The van der Waals surface area contributed by atoms with E-state index in [-0.39, 0.29) is 42.3 Å². The maximum Gasteiger partial charge on any atom is 0.229 e. The Morgan fingerprint density at radius 3 is 2.65 bits per heavy atom. The Bertz CT molecular complexity index is 1170. The van der Waals surface area contributed by atoms with E-state index in [2.05, 4.69) is 37.0 Å². The van der Waals surface area contributed by atoms with E-state index in [1.54, 1.807) is 12.1 Å². The monoisotopic (exact) mass is 506 g/mol. The van der Waals surface area contributed by atoms with Crippen LogP contribution >= 0.6 is 24.8 Å². The van der Waals surface area contributed by atoms with E-state index in [9.17, 15) is 9.50 Å². The second-order valence-corrected chi connectivity index (χ2v) is 7.67. The minimum atomic E-state index is -0.594. The van der Waals surface area contributed by atoms with E-state index in [1.165, 1.54) is 12.1 Å². The number of halogens is 3. The standard InChI is InChI=1S/C23H23FN6O2.2ClH/c24-20-13-26-23(29-22(20)27-16-2-1-3-18(31)12-16)28-17-4-5-21-15(10-17)11-19(32-21)14-30-8-6-25-7-9-30;;/h1-5,10,12-14,25,31H,6-9,11H2,(H2,26,27,28,29);2*1H. The van der Waals surface area contributed by atoms with Gasteiger partial charge in [0.1, 0.15) is 17.3 Å². The number of nitrogens with zero attached hydrogens (tertiary/aromatic N) is 3. The molecule has 2 aliphatic rings. The molecule has 0 bridgehead atoms. The summed E-state index contributed by atoms with van der Waals surface area (Å²) in [4.78, 5) is 10.5. The molecule has 180 valence electrons. The molecule has 0 amide bonds. The van der Waals surface area contributed by atoms with Gasteiger partial charge >= 0.3 is 0 Å². The Kier molecular flexibility index (Phi) is 8.38. The molecule has 0 aliphatic carbocycles. The fourth-order valence-corrected chi connectivity index (χ4v) is 3.71. The fourth-order valence-electron chi connectivity index (χ4n) is 3.71. The molecule has 34 heavy (non-hydrogen) atoms. The van der Waals surface area contributed by atoms with Gasteiger partial charge in [0.15, 0.2) is 11.6 Å². The molecule has 11 heteroatoms. The van der Waals surface area contributed by atoms with E-state index in [1.807, 2.05) is 18.2 Å². The summed E-state index contributed by atoms with van der Waals surface area (Å²) in [5.41, 5.74) is 2.37. The molecule has 0 atom stereocenters. The van der Waals surface area contributed by atoms with Crippen molar-refractivity contribution in [2.24, 2.45) is 0 Å². The Balaban J connectivity index is 0.00000162. The Labute approximate surface area is 209 Å². The lowest BCUT2D eigenvalue weighted by atomic mass is 10.1. The zero-order valence-electron chi connectivity index (χ0n) is 18.1. The summed E-state index contributed by atoms with van der Waals surface area (Å²) < 4.78 is 20.2. The van der Waals surface area contributed by atoms with E-state index in [0.717, 1.165) is 55.1 Å². The molecular weight excluding hydrogens is 482 g/mol.